The van der Waals surface area contributed by atoms with Crippen LogP contribution in [0, 0.1) is 18.7 Å². The molecule has 102 valence electrons. The Balaban J connectivity index is 2.09. The third kappa shape index (κ3) is 3.10. The predicted octanol–water partition coefficient (Wildman–Crippen LogP) is 2.07. The number of carboxylic acids is 1. The number of rotatable bonds is 3. The Morgan fingerprint density at radius 3 is 2.89 bits per heavy atom. The Morgan fingerprint density at radius 1 is 1.47 bits per heavy atom. The highest BCUT2D eigenvalue weighted by Gasteiger charge is 2.29. The molecular formula is C14H16FNO3. The summed E-state index contributed by atoms with van der Waals surface area (Å²) < 4.78 is 13.2. The normalized spacial score (nSPS) is 18.6. The van der Waals surface area contributed by atoms with Gasteiger partial charge in [-0.05, 0) is 37.0 Å². The molecule has 1 amide bonds. The Kier molecular flexibility index (Phi) is 3.83. The van der Waals surface area contributed by atoms with Crippen LogP contribution in [-0.4, -0.2) is 35.0 Å². The standard InChI is InChI=1S/C14H16FNO3/c1-9-2-3-11(15)7-12(9)14(19)16-5-4-10(8-16)6-13(17)18/h2-3,7,10H,4-6,8H2,1H3,(H,17,18). The van der Waals surface area contributed by atoms with Crippen LogP contribution in [0.1, 0.15) is 28.8 Å². The van der Waals surface area contributed by atoms with Gasteiger partial charge in [0.05, 0.1) is 0 Å². The molecule has 0 aliphatic carbocycles. The first-order valence-corrected chi connectivity index (χ1v) is 6.24. The quantitative estimate of drug-likeness (QED) is 0.910. The molecule has 1 fully saturated rings. The fourth-order valence-corrected chi connectivity index (χ4v) is 2.43. The molecule has 1 aromatic rings. The molecule has 0 bridgehead atoms. The average Bonchev–Trinajstić information content (AvgIpc) is 2.79. The molecule has 0 aromatic heterocycles. The predicted molar refractivity (Wildman–Crippen MR) is 67.4 cm³/mol. The molecule has 1 heterocycles. The number of aliphatic carboxylic acids is 1. The van der Waals surface area contributed by atoms with Crippen LogP contribution in [0.25, 0.3) is 0 Å². The molecular weight excluding hydrogens is 249 g/mol. The van der Waals surface area contributed by atoms with Gasteiger partial charge in [0.2, 0.25) is 0 Å². The van der Waals surface area contributed by atoms with E-state index in [1.807, 2.05) is 0 Å². The van der Waals surface area contributed by atoms with Gasteiger partial charge in [-0.1, -0.05) is 6.07 Å². The molecule has 1 N–H and O–H groups in total. The number of aryl methyl sites for hydroxylation is 1. The minimum Gasteiger partial charge on any atom is -0.481 e. The molecule has 1 aromatic carbocycles. The van der Waals surface area contributed by atoms with Crippen LogP contribution in [0.2, 0.25) is 0 Å². The third-order valence-corrected chi connectivity index (χ3v) is 3.47. The van der Waals surface area contributed by atoms with Gasteiger partial charge in [0.1, 0.15) is 5.82 Å². The van der Waals surface area contributed by atoms with Gasteiger partial charge in [-0.2, -0.15) is 0 Å². The second-order valence-electron chi connectivity index (χ2n) is 4.96. The van der Waals surface area contributed by atoms with E-state index in [-0.39, 0.29) is 18.2 Å². The van der Waals surface area contributed by atoms with Crippen LogP contribution >= 0.6 is 0 Å². The summed E-state index contributed by atoms with van der Waals surface area (Å²) in [5.41, 5.74) is 1.09. The molecule has 1 aliphatic heterocycles. The van der Waals surface area contributed by atoms with Crippen LogP contribution in [-0.2, 0) is 4.79 Å². The first-order chi connectivity index (χ1) is 8.97. The number of carboxylic acid groups (broad SMARTS) is 1. The molecule has 2 rings (SSSR count). The van der Waals surface area contributed by atoms with Gasteiger partial charge >= 0.3 is 5.97 Å². The summed E-state index contributed by atoms with van der Waals surface area (Å²) in [7, 11) is 0. The maximum atomic E-state index is 13.2. The van der Waals surface area contributed by atoms with Gasteiger partial charge < -0.3 is 10.0 Å². The second kappa shape index (κ2) is 5.38. The summed E-state index contributed by atoms with van der Waals surface area (Å²) >= 11 is 0. The summed E-state index contributed by atoms with van der Waals surface area (Å²) in [4.78, 5) is 24.5. The highest BCUT2D eigenvalue weighted by Crippen LogP contribution is 2.22. The largest absolute Gasteiger partial charge is 0.481 e. The van der Waals surface area contributed by atoms with Crippen LogP contribution in [0.5, 0.6) is 0 Å². The van der Waals surface area contributed by atoms with E-state index in [1.165, 1.54) is 12.1 Å². The molecule has 1 aliphatic rings. The lowest BCUT2D eigenvalue weighted by Crippen LogP contribution is -2.29. The first-order valence-electron chi connectivity index (χ1n) is 6.24. The summed E-state index contributed by atoms with van der Waals surface area (Å²) in [5.74, 6) is -1.50. The SMILES string of the molecule is Cc1ccc(F)cc1C(=O)N1CCC(CC(=O)O)C1. The van der Waals surface area contributed by atoms with Gasteiger partial charge in [0.25, 0.3) is 5.91 Å². The van der Waals surface area contributed by atoms with Crippen LogP contribution < -0.4 is 0 Å². The number of likely N-dealkylation sites (tertiary alicyclic amines) is 1. The van der Waals surface area contributed by atoms with E-state index in [4.69, 9.17) is 5.11 Å². The van der Waals surface area contributed by atoms with Crippen LogP contribution in [0.3, 0.4) is 0 Å². The van der Waals surface area contributed by atoms with Gasteiger partial charge in [0, 0.05) is 25.1 Å². The lowest BCUT2D eigenvalue weighted by atomic mass is 10.1. The van der Waals surface area contributed by atoms with Gasteiger partial charge in [-0.25, -0.2) is 4.39 Å². The molecule has 1 unspecified atom stereocenters. The number of nitrogens with zero attached hydrogens (tertiary/aromatic N) is 1. The van der Waals surface area contributed by atoms with Crippen molar-refractivity contribution in [2.45, 2.75) is 19.8 Å². The van der Waals surface area contributed by atoms with Crippen molar-refractivity contribution in [3.8, 4) is 0 Å². The Bertz CT molecular complexity index is 515. The van der Waals surface area contributed by atoms with Crippen molar-refractivity contribution in [2.24, 2.45) is 5.92 Å². The molecule has 1 atom stereocenters. The van der Waals surface area contributed by atoms with Crippen LogP contribution in [0.4, 0.5) is 4.39 Å². The van der Waals surface area contributed by atoms with Crippen molar-refractivity contribution in [1.29, 1.82) is 0 Å². The number of hydrogen-bond acceptors (Lipinski definition) is 2. The monoisotopic (exact) mass is 265 g/mol. The minimum atomic E-state index is -0.846. The summed E-state index contributed by atoms with van der Waals surface area (Å²) in [6, 6.07) is 4.14. The van der Waals surface area contributed by atoms with Crippen molar-refractivity contribution >= 4 is 11.9 Å². The van der Waals surface area contributed by atoms with Crippen molar-refractivity contribution in [3.05, 3.63) is 35.1 Å². The van der Waals surface area contributed by atoms with Gasteiger partial charge in [0.15, 0.2) is 0 Å². The Hall–Kier alpha value is -1.91. The lowest BCUT2D eigenvalue weighted by Gasteiger charge is -2.17. The molecule has 0 saturated carbocycles. The summed E-state index contributed by atoms with van der Waals surface area (Å²) in [5, 5.41) is 8.74. The fourth-order valence-electron chi connectivity index (χ4n) is 2.43. The Morgan fingerprint density at radius 2 is 2.21 bits per heavy atom. The number of amides is 1. The Labute approximate surface area is 110 Å². The maximum Gasteiger partial charge on any atom is 0.303 e. The third-order valence-electron chi connectivity index (χ3n) is 3.47. The van der Waals surface area contributed by atoms with E-state index in [2.05, 4.69) is 0 Å². The molecule has 0 radical (unpaired) electrons. The van der Waals surface area contributed by atoms with Crippen molar-refractivity contribution in [2.75, 3.05) is 13.1 Å². The highest BCUT2D eigenvalue weighted by molar-refractivity contribution is 5.95. The zero-order chi connectivity index (χ0) is 14.0. The number of hydrogen-bond donors (Lipinski definition) is 1. The zero-order valence-electron chi connectivity index (χ0n) is 10.7. The van der Waals surface area contributed by atoms with E-state index in [9.17, 15) is 14.0 Å². The average molecular weight is 265 g/mol. The first kappa shape index (κ1) is 13.5. The summed E-state index contributed by atoms with van der Waals surface area (Å²) in [6.45, 7) is 2.73. The van der Waals surface area contributed by atoms with Gasteiger partial charge in [-0.15, -0.1) is 0 Å². The van der Waals surface area contributed by atoms with E-state index in [0.29, 0.717) is 25.1 Å². The van der Waals surface area contributed by atoms with E-state index in [1.54, 1.807) is 17.9 Å². The molecule has 4 nitrogen and oxygen atoms in total. The number of halogens is 1. The zero-order valence-corrected chi connectivity index (χ0v) is 10.7. The van der Waals surface area contributed by atoms with Gasteiger partial charge in [-0.3, -0.25) is 9.59 Å². The summed E-state index contributed by atoms with van der Waals surface area (Å²) in [6.07, 6.45) is 0.762. The van der Waals surface area contributed by atoms with E-state index in [0.717, 1.165) is 5.56 Å². The van der Waals surface area contributed by atoms with E-state index >= 15 is 0 Å². The highest BCUT2D eigenvalue weighted by atomic mass is 19.1. The molecule has 5 heteroatoms. The van der Waals surface area contributed by atoms with Crippen molar-refractivity contribution in [1.82, 2.24) is 4.90 Å². The lowest BCUT2D eigenvalue weighted by molar-refractivity contribution is -0.138. The smallest absolute Gasteiger partial charge is 0.303 e. The van der Waals surface area contributed by atoms with Crippen molar-refractivity contribution in [3.63, 3.8) is 0 Å². The topological polar surface area (TPSA) is 57.6 Å². The second-order valence-corrected chi connectivity index (χ2v) is 4.96. The number of carbonyl (C=O) groups excluding carboxylic acids is 1. The number of benzene rings is 1. The molecule has 0 spiro atoms. The van der Waals surface area contributed by atoms with Crippen LogP contribution in [0.15, 0.2) is 18.2 Å². The molecule has 1 saturated heterocycles. The number of carbonyl (C=O) groups is 2. The maximum absolute atomic E-state index is 13.2. The van der Waals surface area contributed by atoms with E-state index < -0.39 is 11.8 Å². The van der Waals surface area contributed by atoms with Crippen molar-refractivity contribution < 1.29 is 19.1 Å². The minimum absolute atomic E-state index is 0.00434. The molecule has 19 heavy (non-hydrogen) atoms. The fraction of sp³-hybridized carbons (Fsp3) is 0.429.